The first-order valence-electron chi connectivity index (χ1n) is 10.2. The number of carbonyl (C=O) groups is 1. The lowest BCUT2D eigenvalue weighted by molar-refractivity contribution is -0.136. The quantitative estimate of drug-likeness (QED) is 0.791. The van der Waals surface area contributed by atoms with Crippen molar-refractivity contribution in [3.63, 3.8) is 0 Å². The zero-order valence-electron chi connectivity index (χ0n) is 17.4. The Hall–Kier alpha value is -2.83. The average molecular weight is 396 g/mol. The molecule has 2 aromatic rings. The van der Waals surface area contributed by atoms with Gasteiger partial charge in [0.05, 0.1) is 25.8 Å². The molecule has 0 aliphatic carbocycles. The lowest BCUT2D eigenvalue weighted by atomic mass is 9.93. The maximum atomic E-state index is 13.3. The van der Waals surface area contributed by atoms with Crippen LogP contribution in [0.4, 0.5) is 5.82 Å². The van der Waals surface area contributed by atoms with E-state index >= 15 is 0 Å². The molecule has 7 nitrogen and oxygen atoms in total. The Balaban J connectivity index is 1.46. The fraction of sp³-hybridized carbons (Fsp3) is 0.500. The van der Waals surface area contributed by atoms with Crippen LogP contribution in [0.15, 0.2) is 24.3 Å². The second-order valence-corrected chi connectivity index (χ2v) is 7.80. The van der Waals surface area contributed by atoms with Gasteiger partial charge in [0.15, 0.2) is 17.3 Å². The number of benzene rings is 1. The van der Waals surface area contributed by atoms with E-state index in [0.29, 0.717) is 18.8 Å². The van der Waals surface area contributed by atoms with Crippen LogP contribution in [-0.2, 0) is 17.8 Å². The largest absolute Gasteiger partial charge is 0.493 e. The minimum absolute atomic E-state index is 0.00598. The summed E-state index contributed by atoms with van der Waals surface area (Å²) in [6.45, 7) is 4.91. The lowest BCUT2D eigenvalue weighted by Gasteiger charge is -2.37. The smallest absolute Gasteiger partial charge is 0.227 e. The van der Waals surface area contributed by atoms with E-state index in [1.54, 1.807) is 14.2 Å². The van der Waals surface area contributed by atoms with Gasteiger partial charge >= 0.3 is 0 Å². The summed E-state index contributed by atoms with van der Waals surface area (Å²) in [5, 5.41) is 8.46. The summed E-state index contributed by atoms with van der Waals surface area (Å²) in [7, 11) is 3.29. The molecule has 1 fully saturated rings. The van der Waals surface area contributed by atoms with Gasteiger partial charge in [0, 0.05) is 26.2 Å². The predicted molar refractivity (Wildman–Crippen MR) is 110 cm³/mol. The summed E-state index contributed by atoms with van der Waals surface area (Å²) < 4.78 is 10.8. The number of ether oxygens (including phenoxy) is 2. The van der Waals surface area contributed by atoms with Crippen LogP contribution in [0.2, 0.25) is 0 Å². The molecule has 29 heavy (non-hydrogen) atoms. The van der Waals surface area contributed by atoms with Crippen LogP contribution in [0, 0.1) is 12.8 Å². The van der Waals surface area contributed by atoms with E-state index in [9.17, 15) is 4.79 Å². The molecule has 7 heteroatoms. The zero-order chi connectivity index (χ0) is 20.4. The number of aryl methyl sites for hydroxylation is 1. The summed E-state index contributed by atoms with van der Waals surface area (Å²) in [6, 6.07) is 8.00. The van der Waals surface area contributed by atoms with E-state index in [0.717, 1.165) is 55.2 Å². The van der Waals surface area contributed by atoms with Crippen molar-refractivity contribution in [1.29, 1.82) is 0 Å². The third-order valence-electron chi connectivity index (χ3n) is 5.91. The maximum absolute atomic E-state index is 13.3. The first kappa shape index (κ1) is 19.5. The Kier molecular flexibility index (Phi) is 5.56. The highest BCUT2D eigenvalue weighted by Crippen LogP contribution is 2.34. The Morgan fingerprint density at radius 1 is 1.07 bits per heavy atom. The number of methoxy groups -OCH3 is 2. The SMILES string of the molecule is COc1cc2c(cc1OC)CN(C(=O)C1CCCN(c3ccc(C)nn3)C1)CC2. The van der Waals surface area contributed by atoms with Crippen LogP contribution in [0.1, 0.15) is 29.7 Å². The third kappa shape index (κ3) is 3.99. The van der Waals surface area contributed by atoms with E-state index in [-0.39, 0.29) is 11.8 Å². The molecule has 0 spiro atoms. The first-order valence-corrected chi connectivity index (χ1v) is 10.2. The molecule has 154 valence electrons. The summed E-state index contributed by atoms with van der Waals surface area (Å²) in [5.41, 5.74) is 3.27. The van der Waals surface area contributed by atoms with E-state index in [4.69, 9.17) is 9.47 Å². The molecule has 0 saturated carbocycles. The Morgan fingerprint density at radius 3 is 2.52 bits per heavy atom. The van der Waals surface area contributed by atoms with E-state index in [2.05, 4.69) is 15.1 Å². The average Bonchev–Trinajstić information content (AvgIpc) is 2.77. The maximum Gasteiger partial charge on any atom is 0.227 e. The minimum atomic E-state index is -0.00598. The molecule has 3 heterocycles. The molecule has 1 amide bonds. The van der Waals surface area contributed by atoms with Gasteiger partial charge in [0.2, 0.25) is 5.91 Å². The van der Waals surface area contributed by atoms with Gasteiger partial charge in [0.25, 0.3) is 0 Å². The van der Waals surface area contributed by atoms with Crippen molar-refractivity contribution < 1.29 is 14.3 Å². The molecule has 0 N–H and O–H groups in total. The molecule has 1 aromatic heterocycles. The molecule has 1 unspecified atom stereocenters. The first-order chi connectivity index (χ1) is 14.1. The molecule has 1 atom stereocenters. The molecule has 4 rings (SSSR count). The normalized spacial score (nSPS) is 18.9. The van der Waals surface area contributed by atoms with Crippen LogP contribution in [0.5, 0.6) is 11.5 Å². The van der Waals surface area contributed by atoms with Crippen molar-refractivity contribution in [2.75, 3.05) is 38.8 Å². The van der Waals surface area contributed by atoms with Crippen molar-refractivity contribution in [2.24, 2.45) is 5.92 Å². The fourth-order valence-electron chi connectivity index (χ4n) is 4.28. The zero-order valence-corrected chi connectivity index (χ0v) is 17.4. The van der Waals surface area contributed by atoms with Gasteiger partial charge in [-0.2, -0.15) is 5.10 Å². The number of fused-ring (bicyclic) bond motifs is 1. The van der Waals surface area contributed by atoms with Gasteiger partial charge in [-0.1, -0.05) is 0 Å². The summed E-state index contributed by atoms with van der Waals surface area (Å²) >= 11 is 0. The van der Waals surface area contributed by atoms with Gasteiger partial charge in [0.1, 0.15) is 0 Å². The monoisotopic (exact) mass is 396 g/mol. The topological polar surface area (TPSA) is 67.8 Å². The van der Waals surface area contributed by atoms with E-state index in [1.807, 2.05) is 36.1 Å². The molecule has 2 aliphatic heterocycles. The van der Waals surface area contributed by atoms with Crippen molar-refractivity contribution in [3.05, 3.63) is 41.1 Å². The highest BCUT2D eigenvalue weighted by atomic mass is 16.5. The number of nitrogens with zero attached hydrogens (tertiary/aromatic N) is 4. The van der Waals surface area contributed by atoms with Gasteiger partial charge < -0.3 is 19.3 Å². The number of carbonyl (C=O) groups excluding carboxylic acids is 1. The van der Waals surface area contributed by atoms with Crippen molar-refractivity contribution in [3.8, 4) is 11.5 Å². The highest BCUT2D eigenvalue weighted by Gasteiger charge is 2.32. The van der Waals surface area contributed by atoms with Crippen LogP contribution in [-0.4, -0.2) is 54.9 Å². The number of rotatable bonds is 4. The number of aromatic nitrogens is 2. The lowest BCUT2D eigenvalue weighted by Crippen LogP contribution is -2.46. The Morgan fingerprint density at radius 2 is 1.83 bits per heavy atom. The molecule has 2 aliphatic rings. The van der Waals surface area contributed by atoms with Gasteiger partial charge in [-0.25, -0.2) is 0 Å². The second-order valence-electron chi connectivity index (χ2n) is 7.80. The third-order valence-corrected chi connectivity index (χ3v) is 5.91. The van der Waals surface area contributed by atoms with E-state index < -0.39 is 0 Å². The molecule has 1 saturated heterocycles. The summed E-state index contributed by atoms with van der Waals surface area (Å²) in [5.74, 6) is 2.54. The molecule has 0 bridgehead atoms. The number of hydrogen-bond donors (Lipinski definition) is 0. The molecular weight excluding hydrogens is 368 g/mol. The van der Waals surface area contributed by atoms with Crippen molar-refractivity contribution >= 4 is 11.7 Å². The fourth-order valence-corrected chi connectivity index (χ4v) is 4.28. The van der Waals surface area contributed by atoms with Crippen LogP contribution in [0.3, 0.4) is 0 Å². The molecular formula is C22H28N4O3. The number of amides is 1. The van der Waals surface area contributed by atoms with Crippen LogP contribution in [0.25, 0.3) is 0 Å². The van der Waals surface area contributed by atoms with Gasteiger partial charge in [-0.05, 0) is 61.6 Å². The standard InChI is InChI=1S/C22H28N4O3/c1-15-6-7-21(24-23-15)25-9-4-5-17(13-25)22(27)26-10-8-16-11-19(28-2)20(29-3)12-18(16)14-26/h6-7,11-12,17H,4-5,8-10,13-14H2,1-3H3. The molecule has 1 aromatic carbocycles. The summed E-state index contributed by atoms with van der Waals surface area (Å²) in [6.07, 6.45) is 2.74. The number of piperidine rings is 1. The Labute approximate surface area is 171 Å². The minimum Gasteiger partial charge on any atom is -0.493 e. The van der Waals surface area contributed by atoms with E-state index in [1.165, 1.54) is 5.56 Å². The Bertz CT molecular complexity index is 884. The van der Waals surface area contributed by atoms with Crippen LogP contribution < -0.4 is 14.4 Å². The molecule has 0 radical (unpaired) electrons. The predicted octanol–water partition coefficient (Wildman–Crippen LogP) is 2.60. The second kappa shape index (κ2) is 8.27. The number of anilines is 1. The van der Waals surface area contributed by atoms with Crippen molar-refractivity contribution in [1.82, 2.24) is 15.1 Å². The van der Waals surface area contributed by atoms with Gasteiger partial charge in [-0.3, -0.25) is 4.79 Å². The summed E-state index contributed by atoms with van der Waals surface area (Å²) in [4.78, 5) is 17.5. The van der Waals surface area contributed by atoms with Crippen LogP contribution >= 0.6 is 0 Å². The van der Waals surface area contributed by atoms with Crippen molar-refractivity contribution in [2.45, 2.75) is 32.7 Å². The van der Waals surface area contributed by atoms with Gasteiger partial charge in [-0.15, -0.1) is 5.10 Å². The highest BCUT2D eigenvalue weighted by molar-refractivity contribution is 5.80. The number of hydrogen-bond acceptors (Lipinski definition) is 6.